The Balaban J connectivity index is 2.04. The molecule has 164 valence electrons. The number of ether oxygens (including phenoxy) is 1. The average Bonchev–Trinajstić information content (AvgIpc) is 3.07. The number of nitrogens with zero attached hydrogens (tertiary/aromatic N) is 1. The van der Waals surface area contributed by atoms with Gasteiger partial charge in [0, 0.05) is 20.2 Å². The molecule has 1 aliphatic heterocycles. The summed E-state index contributed by atoms with van der Waals surface area (Å²) in [6, 6.07) is 10.1. The molecule has 1 heterocycles. The molecule has 1 fully saturated rings. The van der Waals surface area contributed by atoms with E-state index in [9.17, 15) is 13.2 Å². The van der Waals surface area contributed by atoms with Gasteiger partial charge in [-0.15, -0.1) is 0 Å². The molecule has 0 bridgehead atoms. The summed E-state index contributed by atoms with van der Waals surface area (Å²) in [5, 5.41) is 0. The maximum atomic E-state index is 13.2. The first kappa shape index (κ1) is 24.1. The lowest BCUT2D eigenvalue weighted by Crippen LogP contribution is -2.44. The summed E-state index contributed by atoms with van der Waals surface area (Å²) in [5.74, 6) is -0.124. The molecule has 2 atom stereocenters. The van der Waals surface area contributed by atoms with Crippen LogP contribution < -0.4 is 0 Å². The summed E-state index contributed by atoms with van der Waals surface area (Å²) in [6.07, 6.45) is 4.64. The maximum absolute atomic E-state index is 13.2. The molecule has 0 amide bonds. The van der Waals surface area contributed by atoms with E-state index in [1.54, 1.807) is 4.31 Å². The minimum Gasteiger partial charge on any atom is -0.461 e. The number of carbonyl (C=O) groups is 1. The van der Waals surface area contributed by atoms with E-state index in [0.717, 1.165) is 43.7 Å². The Bertz CT molecular complexity index is 746. The molecule has 7 heteroatoms. The fraction of sp³-hybridized carbons (Fsp3) is 0.682. The van der Waals surface area contributed by atoms with Gasteiger partial charge in [0.05, 0.1) is 12.2 Å². The van der Waals surface area contributed by atoms with Gasteiger partial charge in [0.1, 0.15) is 6.61 Å². The Morgan fingerprint density at radius 1 is 1.14 bits per heavy atom. The van der Waals surface area contributed by atoms with E-state index in [1.165, 1.54) is 0 Å². The van der Waals surface area contributed by atoms with Crippen LogP contribution >= 0.6 is 0 Å². The van der Waals surface area contributed by atoms with Crippen LogP contribution in [0.1, 0.15) is 51.0 Å². The zero-order valence-electron chi connectivity index (χ0n) is 18.4. The van der Waals surface area contributed by atoms with Crippen molar-refractivity contribution in [3.8, 4) is 0 Å². The highest BCUT2D eigenvalue weighted by Gasteiger charge is 2.42. The number of rotatable bonds is 11. The van der Waals surface area contributed by atoms with Gasteiger partial charge in [-0.2, -0.15) is 4.31 Å². The molecular formula is C22H37NO4SSi. The van der Waals surface area contributed by atoms with Crippen molar-refractivity contribution in [1.29, 1.82) is 0 Å². The Labute approximate surface area is 177 Å². The van der Waals surface area contributed by atoms with Crippen LogP contribution in [-0.4, -0.2) is 44.6 Å². The Kier molecular flexibility index (Phi) is 8.91. The van der Waals surface area contributed by atoms with Crippen LogP contribution in [-0.2, 0) is 26.2 Å². The first-order chi connectivity index (χ1) is 13.6. The summed E-state index contributed by atoms with van der Waals surface area (Å²) < 4.78 is 33.6. The predicted octanol–water partition coefficient (Wildman–Crippen LogP) is 4.81. The van der Waals surface area contributed by atoms with Crippen molar-refractivity contribution in [2.75, 3.05) is 5.75 Å². The van der Waals surface area contributed by atoms with Gasteiger partial charge in [-0.05, 0) is 30.9 Å². The standard InChI is InChI=1S/C22H37NO4SSi/c1-5-6-12-20-13-14-21(23(20)28(25,26)15-16-29(2,3)4)17-22(24)27-18-19-10-8-7-9-11-19/h7-11,20-21H,5-6,12-18H2,1-4H3/t20-,21-/m0/s1. The number of benzene rings is 1. The minimum absolute atomic E-state index is 0.0218. The molecule has 0 unspecified atom stereocenters. The first-order valence-electron chi connectivity index (χ1n) is 10.8. The predicted molar refractivity (Wildman–Crippen MR) is 121 cm³/mol. The zero-order valence-corrected chi connectivity index (χ0v) is 20.2. The summed E-state index contributed by atoms with van der Waals surface area (Å²) in [4.78, 5) is 12.4. The number of carbonyl (C=O) groups excluding carboxylic acids is 1. The van der Waals surface area contributed by atoms with Gasteiger partial charge in [0.2, 0.25) is 10.0 Å². The van der Waals surface area contributed by atoms with Crippen LogP contribution in [0.15, 0.2) is 30.3 Å². The van der Waals surface area contributed by atoms with Crippen LogP contribution in [0.5, 0.6) is 0 Å². The molecule has 1 aromatic carbocycles. The van der Waals surface area contributed by atoms with Gasteiger partial charge in [0.25, 0.3) is 0 Å². The molecule has 0 radical (unpaired) electrons. The second-order valence-corrected chi connectivity index (χ2v) is 16.9. The van der Waals surface area contributed by atoms with Gasteiger partial charge in [0.15, 0.2) is 0 Å². The number of esters is 1. The molecule has 2 rings (SSSR count). The molecule has 1 aliphatic rings. The second-order valence-electron chi connectivity index (χ2n) is 9.33. The van der Waals surface area contributed by atoms with Crippen LogP contribution in [0.3, 0.4) is 0 Å². The van der Waals surface area contributed by atoms with E-state index in [2.05, 4.69) is 26.6 Å². The molecule has 0 saturated carbocycles. The van der Waals surface area contributed by atoms with Crippen molar-refractivity contribution in [2.24, 2.45) is 0 Å². The Hall–Kier alpha value is -1.18. The van der Waals surface area contributed by atoms with E-state index in [-0.39, 0.29) is 36.8 Å². The van der Waals surface area contributed by atoms with Gasteiger partial charge in [-0.25, -0.2) is 8.42 Å². The third-order valence-corrected chi connectivity index (χ3v) is 9.59. The maximum Gasteiger partial charge on any atom is 0.307 e. The lowest BCUT2D eigenvalue weighted by atomic mass is 10.1. The molecule has 0 N–H and O–H groups in total. The molecule has 0 spiro atoms. The fourth-order valence-corrected chi connectivity index (χ4v) is 8.82. The quantitative estimate of drug-likeness (QED) is 0.367. The topological polar surface area (TPSA) is 63.7 Å². The van der Waals surface area contributed by atoms with Gasteiger partial charge in [-0.3, -0.25) is 4.79 Å². The van der Waals surface area contributed by atoms with Crippen LogP contribution in [0.25, 0.3) is 0 Å². The summed E-state index contributed by atoms with van der Waals surface area (Å²) >= 11 is 0. The van der Waals surface area contributed by atoms with Crippen molar-refractivity contribution in [2.45, 2.75) is 89.8 Å². The van der Waals surface area contributed by atoms with Gasteiger partial charge < -0.3 is 4.74 Å². The average molecular weight is 440 g/mol. The molecular weight excluding hydrogens is 402 g/mol. The van der Waals surface area contributed by atoms with Crippen LogP contribution in [0, 0.1) is 0 Å². The van der Waals surface area contributed by atoms with E-state index in [4.69, 9.17) is 4.74 Å². The minimum atomic E-state index is -3.37. The third-order valence-electron chi connectivity index (χ3n) is 5.52. The molecule has 1 aromatic rings. The van der Waals surface area contributed by atoms with E-state index >= 15 is 0 Å². The highest BCUT2D eigenvalue weighted by atomic mass is 32.2. The summed E-state index contributed by atoms with van der Waals surface area (Å²) in [7, 11) is -4.84. The van der Waals surface area contributed by atoms with Crippen molar-refractivity contribution in [3.63, 3.8) is 0 Å². The molecule has 0 aromatic heterocycles. The Morgan fingerprint density at radius 3 is 2.41 bits per heavy atom. The van der Waals surface area contributed by atoms with Gasteiger partial charge in [-0.1, -0.05) is 69.7 Å². The van der Waals surface area contributed by atoms with E-state index in [0.29, 0.717) is 0 Å². The molecule has 29 heavy (non-hydrogen) atoms. The number of unbranched alkanes of at least 4 members (excludes halogenated alkanes) is 1. The van der Waals surface area contributed by atoms with Crippen molar-refractivity contribution in [3.05, 3.63) is 35.9 Å². The lowest BCUT2D eigenvalue weighted by Gasteiger charge is -2.30. The van der Waals surface area contributed by atoms with Crippen molar-refractivity contribution in [1.82, 2.24) is 4.31 Å². The zero-order chi connectivity index (χ0) is 21.5. The molecule has 5 nitrogen and oxygen atoms in total. The normalized spacial score (nSPS) is 20.7. The summed E-state index contributed by atoms with van der Waals surface area (Å²) in [5.41, 5.74) is 0.938. The number of hydrogen-bond acceptors (Lipinski definition) is 4. The Morgan fingerprint density at radius 2 is 1.79 bits per heavy atom. The molecule has 0 aliphatic carbocycles. The van der Waals surface area contributed by atoms with Crippen LogP contribution in [0.4, 0.5) is 0 Å². The smallest absolute Gasteiger partial charge is 0.307 e. The highest BCUT2D eigenvalue weighted by Crippen LogP contribution is 2.33. The largest absolute Gasteiger partial charge is 0.461 e. The summed E-state index contributed by atoms with van der Waals surface area (Å²) in [6.45, 7) is 8.93. The third kappa shape index (κ3) is 7.87. The monoisotopic (exact) mass is 439 g/mol. The van der Waals surface area contributed by atoms with Gasteiger partial charge >= 0.3 is 5.97 Å². The lowest BCUT2D eigenvalue weighted by molar-refractivity contribution is -0.145. The highest BCUT2D eigenvalue weighted by molar-refractivity contribution is 7.89. The fourth-order valence-electron chi connectivity index (χ4n) is 3.82. The second kappa shape index (κ2) is 10.7. The SMILES string of the molecule is CCCC[C@H]1CC[C@@H](CC(=O)OCc2ccccc2)N1S(=O)(=O)CC[Si](C)(C)C. The molecule has 1 saturated heterocycles. The van der Waals surface area contributed by atoms with Crippen molar-refractivity contribution < 1.29 is 17.9 Å². The van der Waals surface area contributed by atoms with Crippen molar-refractivity contribution >= 4 is 24.1 Å². The number of hydrogen-bond donors (Lipinski definition) is 0. The van der Waals surface area contributed by atoms with E-state index < -0.39 is 18.1 Å². The first-order valence-corrected chi connectivity index (χ1v) is 16.1. The van der Waals surface area contributed by atoms with E-state index in [1.807, 2.05) is 30.3 Å². The number of sulfonamides is 1. The van der Waals surface area contributed by atoms with Crippen LogP contribution in [0.2, 0.25) is 25.7 Å².